The lowest BCUT2D eigenvalue weighted by Crippen LogP contribution is -2.37. The van der Waals surface area contributed by atoms with Crippen molar-refractivity contribution < 1.29 is 18.9 Å². The van der Waals surface area contributed by atoms with Crippen molar-refractivity contribution in [2.75, 3.05) is 52.3 Å². The van der Waals surface area contributed by atoms with E-state index >= 15 is 0 Å². The number of morpholine rings is 1. The van der Waals surface area contributed by atoms with E-state index in [1.54, 1.807) is 19.2 Å². The van der Waals surface area contributed by atoms with Gasteiger partial charge in [0.25, 0.3) is 0 Å². The third kappa shape index (κ3) is 6.22. The topological polar surface area (TPSA) is 92.0 Å². The minimum Gasteiger partial charge on any atom is -0.493 e. The maximum atomic E-state index is 6.35. The van der Waals surface area contributed by atoms with Gasteiger partial charge >= 0.3 is 0 Å². The van der Waals surface area contributed by atoms with E-state index in [0.717, 1.165) is 44.8 Å². The molecule has 9 heteroatoms. The van der Waals surface area contributed by atoms with E-state index in [1.165, 1.54) is 0 Å². The highest BCUT2D eigenvalue weighted by Crippen LogP contribution is 2.35. The van der Waals surface area contributed by atoms with Crippen LogP contribution in [0.4, 0.5) is 5.82 Å². The monoisotopic (exact) mass is 520 g/mol. The maximum Gasteiger partial charge on any atom is 0.162 e. The minimum absolute atomic E-state index is 0.375. The largest absolute Gasteiger partial charge is 0.493 e. The first-order chi connectivity index (χ1) is 18.1. The van der Waals surface area contributed by atoms with E-state index in [2.05, 4.69) is 9.88 Å². The van der Waals surface area contributed by atoms with Gasteiger partial charge in [-0.15, -0.1) is 0 Å². The Morgan fingerprint density at radius 1 is 0.973 bits per heavy atom. The molecule has 0 bridgehead atoms. The first-order valence-electron chi connectivity index (χ1n) is 12.2. The van der Waals surface area contributed by atoms with Crippen molar-refractivity contribution in [3.05, 3.63) is 65.7 Å². The molecular formula is C28H29ClN4O4. The number of nitrogens with two attached hydrogens (primary N) is 1. The molecule has 1 saturated heterocycles. The van der Waals surface area contributed by atoms with Crippen LogP contribution in [0.5, 0.6) is 23.0 Å². The summed E-state index contributed by atoms with van der Waals surface area (Å²) in [5.74, 6) is 3.46. The maximum absolute atomic E-state index is 6.35. The van der Waals surface area contributed by atoms with Gasteiger partial charge in [0.15, 0.2) is 17.3 Å². The molecule has 2 N–H and O–H groups in total. The lowest BCUT2D eigenvalue weighted by atomic mass is 10.1. The van der Waals surface area contributed by atoms with Gasteiger partial charge in [0.1, 0.15) is 17.3 Å². The Bertz CT molecular complexity index is 1360. The van der Waals surface area contributed by atoms with Crippen molar-refractivity contribution >= 4 is 28.3 Å². The summed E-state index contributed by atoms with van der Waals surface area (Å²) in [5, 5.41) is 1.33. The second kappa shape index (κ2) is 11.6. The number of anilines is 1. The molecule has 3 aromatic carbocycles. The number of halogens is 1. The number of ether oxygens (including phenoxy) is 4. The number of nitrogen functional groups attached to an aromatic ring is 1. The van der Waals surface area contributed by atoms with Gasteiger partial charge in [0.2, 0.25) is 0 Å². The molecule has 4 aromatic rings. The van der Waals surface area contributed by atoms with Crippen molar-refractivity contribution in [3.63, 3.8) is 0 Å². The molecule has 0 saturated carbocycles. The van der Waals surface area contributed by atoms with E-state index in [0.29, 0.717) is 57.2 Å². The van der Waals surface area contributed by atoms with E-state index < -0.39 is 0 Å². The Morgan fingerprint density at radius 3 is 2.54 bits per heavy atom. The highest BCUT2D eigenvalue weighted by atomic mass is 35.5. The van der Waals surface area contributed by atoms with Gasteiger partial charge in [-0.2, -0.15) is 0 Å². The number of nitrogens with zero attached hydrogens (tertiary/aromatic N) is 3. The van der Waals surface area contributed by atoms with Crippen LogP contribution in [-0.2, 0) is 4.74 Å². The SMILES string of the molecule is COc1cc2nc(-c3ccc(Oc4cccc(Cl)c4)cc3)nc(N)c2cc1OCCCN1CCOCC1. The number of fused-ring (bicyclic) bond motifs is 1. The summed E-state index contributed by atoms with van der Waals surface area (Å²) in [5.41, 5.74) is 7.84. The van der Waals surface area contributed by atoms with E-state index in [9.17, 15) is 0 Å². The number of aromatic nitrogens is 2. The summed E-state index contributed by atoms with van der Waals surface area (Å²) in [6, 6.07) is 18.4. The lowest BCUT2D eigenvalue weighted by molar-refractivity contribution is 0.0357. The van der Waals surface area contributed by atoms with Crippen LogP contribution < -0.4 is 19.9 Å². The molecule has 8 nitrogen and oxygen atoms in total. The zero-order valence-electron chi connectivity index (χ0n) is 20.7. The van der Waals surface area contributed by atoms with Gasteiger partial charge in [-0.25, -0.2) is 9.97 Å². The third-order valence-electron chi connectivity index (χ3n) is 6.13. The van der Waals surface area contributed by atoms with E-state index in [1.807, 2.05) is 48.5 Å². The van der Waals surface area contributed by atoms with Crippen LogP contribution in [0.3, 0.4) is 0 Å². The summed E-state index contributed by atoms with van der Waals surface area (Å²) >= 11 is 6.04. The molecule has 1 fully saturated rings. The molecule has 1 aromatic heterocycles. The van der Waals surface area contributed by atoms with E-state index in [4.69, 9.17) is 41.3 Å². The summed E-state index contributed by atoms with van der Waals surface area (Å²) < 4.78 is 22.9. The highest BCUT2D eigenvalue weighted by molar-refractivity contribution is 6.30. The van der Waals surface area contributed by atoms with Gasteiger partial charge in [-0.05, 0) is 55.0 Å². The number of hydrogen-bond donors (Lipinski definition) is 1. The van der Waals surface area contributed by atoms with Crippen molar-refractivity contribution in [2.45, 2.75) is 6.42 Å². The summed E-state index contributed by atoms with van der Waals surface area (Å²) in [4.78, 5) is 11.7. The number of rotatable bonds is 9. The zero-order valence-corrected chi connectivity index (χ0v) is 21.4. The van der Waals surface area contributed by atoms with Crippen LogP contribution in [0.2, 0.25) is 5.02 Å². The third-order valence-corrected chi connectivity index (χ3v) is 6.37. The standard InChI is InChI=1S/C28H29ClN4O4/c1-34-25-18-24-23(17-26(25)36-13-3-10-33-11-14-35-15-12-33)27(30)32-28(31-24)19-6-8-21(9-7-19)37-22-5-2-4-20(29)16-22/h2,4-9,16-18H,3,10-15H2,1H3,(H2,30,31,32). The predicted molar refractivity (Wildman–Crippen MR) is 145 cm³/mol. The Balaban J connectivity index is 1.30. The van der Waals surface area contributed by atoms with E-state index in [-0.39, 0.29) is 0 Å². The van der Waals surface area contributed by atoms with Gasteiger partial charge in [0, 0.05) is 41.7 Å². The number of methoxy groups -OCH3 is 1. The number of hydrogen-bond acceptors (Lipinski definition) is 8. The quantitative estimate of drug-likeness (QED) is 0.292. The fourth-order valence-corrected chi connectivity index (χ4v) is 4.38. The van der Waals surface area contributed by atoms with Crippen LogP contribution in [0.25, 0.3) is 22.3 Å². The van der Waals surface area contributed by atoms with Crippen LogP contribution in [0, 0.1) is 0 Å². The molecule has 5 rings (SSSR count). The molecule has 1 aliphatic rings. The summed E-state index contributed by atoms with van der Waals surface area (Å²) in [6.07, 6.45) is 0.906. The van der Waals surface area contributed by atoms with Crippen molar-refractivity contribution in [1.29, 1.82) is 0 Å². The molecule has 0 spiro atoms. The highest BCUT2D eigenvalue weighted by Gasteiger charge is 2.14. The molecule has 2 heterocycles. The summed E-state index contributed by atoms with van der Waals surface area (Å²) in [6.45, 7) is 5.06. The molecule has 1 aliphatic heterocycles. The Kier molecular flexibility index (Phi) is 7.89. The van der Waals surface area contributed by atoms with Gasteiger partial charge in [0.05, 0.1) is 32.4 Å². The Morgan fingerprint density at radius 2 is 1.78 bits per heavy atom. The van der Waals surface area contributed by atoms with Gasteiger partial charge in [-0.3, -0.25) is 4.90 Å². The van der Waals surface area contributed by atoms with Crippen molar-refractivity contribution in [3.8, 4) is 34.4 Å². The second-order valence-electron chi connectivity index (χ2n) is 8.69. The minimum atomic E-state index is 0.375. The molecule has 0 radical (unpaired) electrons. The number of benzene rings is 3. The van der Waals surface area contributed by atoms with Crippen molar-refractivity contribution in [1.82, 2.24) is 14.9 Å². The molecule has 0 unspecified atom stereocenters. The van der Waals surface area contributed by atoms with Gasteiger partial charge < -0.3 is 24.7 Å². The fraction of sp³-hybridized carbons (Fsp3) is 0.286. The smallest absolute Gasteiger partial charge is 0.162 e. The molecule has 192 valence electrons. The average molecular weight is 521 g/mol. The van der Waals surface area contributed by atoms with Crippen LogP contribution in [0.1, 0.15) is 6.42 Å². The molecule has 37 heavy (non-hydrogen) atoms. The Hall–Kier alpha value is -3.59. The van der Waals surface area contributed by atoms with Crippen LogP contribution >= 0.6 is 11.6 Å². The van der Waals surface area contributed by atoms with Crippen molar-refractivity contribution in [2.24, 2.45) is 0 Å². The molecule has 0 atom stereocenters. The average Bonchev–Trinajstić information content (AvgIpc) is 2.92. The lowest BCUT2D eigenvalue weighted by Gasteiger charge is -2.26. The normalized spacial score (nSPS) is 14.0. The fourth-order valence-electron chi connectivity index (χ4n) is 4.20. The first-order valence-corrected chi connectivity index (χ1v) is 12.6. The second-order valence-corrected chi connectivity index (χ2v) is 9.13. The zero-order chi connectivity index (χ0) is 25.6. The first kappa shape index (κ1) is 25.1. The predicted octanol–water partition coefficient (Wildman–Crippen LogP) is 5.43. The Labute approximate surface area is 220 Å². The molecule has 0 aliphatic carbocycles. The molecule has 0 amide bonds. The van der Waals surface area contributed by atoms with Gasteiger partial charge in [-0.1, -0.05) is 17.7 Å². The van der Waals surface area contributed by atoms with Crippen LogP contribution in [0.15, 0.2) is 60.7 Å². The van der Waals surface area contributed by atoms with Crippen LogP contribution in [-0.4, -0.2) is 61.4 Å². The summed E-state index contributed by atoms with van der Waals surface area (Å²) in [7, 11) is 1.62. The molecular weight excluding hydrogens is 492 g/mol.